The maximum Gasteiger partial charge on any atom is 0.338 e. The van der Waals surface area contributed by atoms with E-state index in [0.29, 0.717) is 16.9 Å². The van der Waals surface area contributed by atoms with E-state index in [4.69, 9.17) is 16.2 Å². The highest BCUT2D eigenvalue weighted by Crippen LogP contribution is 2.23. The number of rotatable bonds is 5. The third-order valence-electron chi connectivity index (χ3n) is 3.93. The van der Waals surface area contributed by atoms with Crippen LogP contribution in [0.2, 0.25) is 0 Å². The Bertz CT molecular complexity index is 934. The van der Waals surface area contributed by atoms with Crippen LogP contribution < -0.4 is 11.5 Å². The molecule has 1 aliphatic rings. The smallest absolute Gasteiger partial charge is 0.338 e. The van der Waals surface area contributed by atoms with E-state index in [1.807, 2.05) is 0 Å². The van der Waals surface area contributed by atoms with Crippen LogP contribution in [-0.4, -0.2) is 35.8 Å². The maximum atomic E-state index is 13.0. The summed E-state index contributed by atoms with van der Waals surface area (Å²) in [4.78, 5) is 37.4. The number of benzene rings is 2. The van der Waals surface area contributed by atoms with Crippen LogP contribution in [0.15, 0.2) is 48.5 Å². The molecule has 7 nitrogen and oxygen atoms in total. The molecule has 0 spiro atoms. The molecule has 1 heterocycles. The summed E-state index contributed by atoms with van der Waals surface area (Å²) in [6.07, 6.45) is 1.18. The number of halogens is 1. The van der Waals surface area contributed by atoms with Gasteiger partial charge in [-0.3, -0.25) is 14.5 Å². The molecule has 2 amide bonds. The van der Waals surface area contributed by atoms with Crippen LogP contribution in [-0.2, 0) is 14.3 Å². The van der Waals surface area contributed by atoms with Crippen molar-refractivity contribution in [2.45, 2.75) is 0 Å². The Labute approximate surface area is 154 Å². The number of nitrogen functional groups attached to an aromatic ring is 2. The maximum absolute atomic E-state index is 13.0. The molecule has 27 heavy (non-hydrogen) atoms. The molecule has 0 radical (unpaired) electrons. The van der Waals surface area contributed by atoms with Gasteiger partial charge in [0.2, 0.25) is 0 Å². The van der Waals surface area contributed by atoms with Crippen LogP contribution in [0.25, 0.3) is 5.57 Å². The van der Waals surface area contributed by atoms with Gasteiger partial charge in [0.15, 0.2) is 0 Å². The van der Waals surface area contributed by atoms with Crippen LogP contribution in [0.5, 0.6) is 0 Å². The lowest BCUT2D eigenvalue weighted by Gasteiger charge is -2.15. The van der Waals surface area contributed by atoms with E-state index in [1.165, 1.54) is 48.5 Å². The summed E-state index contributed by atoms with van der Waals surface area (Å²) >= 11 is 0. The Kier molecular flexibility index (Phi) is 4.89. The quantitative estimate of drug-likeness (QED) is 0.470. The van der Waals surface area contributed by atoms with Crippen molar-refractivity contribution < 1.29 is 23.5 Å². The largest absolute Gasteiger partial charge is 0.460 e. The van der Waals surface area contributed by atoms with Crippen molar-refractivity contribution in [1.82, 2.24) is 4.90 Å². The predicted octanol–water partition coefficient (Wildman–Crippen LogP) is 1.60. The van der Waals surface area contributed by atoms with Crippen LogP contribution in [0, 0.1) is 5.82 Å². The Morgan fingerprint density at radius 2 is 1.67 bits per heavy atom. The van der Waals surface area contributed by atoms with Gasteiger partial charge in [-0.2, -0.15) is 0 Å². The molecule has 138 valence electrons. The van der Waals surface area contributed by atoms with Crippen molar-refractivity contribution in [3.05, 3.63) is 65.5 Å². The summed E-state index contributed by atoms with van der Waals surface area (Å²) in [6.45, 7) is -0.294. The molecule has 0 saturated carbocycles. The van der Waals surface area contributed by atoms with Crippen LogP contribution >= 0.6 is 0 Å². The summed E-state index contributed by atoms with van der Waals surface area (Å²) in [5.41, 5.74) is 12.7. The zero-order chi connectivity index (χ0) is 19.6. The highest BCUT2D eigenvalue weighted by Gasteiger charge is 2.31. The van der Waals surface area contributed by atoms with Crippen LogP contribution in [0.1, 0.15) is 15.9 Å². The molecule has 0 bridgehead atoms. The standard InChI is InChI=1S/C19H16FN3O4/c20-13-3-1-11(2-4-13)16-10-17(24)23(18(16)25)5-6-27-19(26)12-7-14(21)9-15(22)8-12/h1-4,7-10H,5-6,21-22H2. The molecule has 1 aliphatic heterocycles. The van der Waals surface area contributed by atoms with Crippen molar-refractivity contribution in [2.75, 3.05) is 24.6 Å². The zero-order valence-corrected chi connectivity index (χ0v) is 14.1. The fourth-order valence-electron chi connectivity index (χ4n) is 2.66. The molecule has 2 aromatic carbocycles. The average Bonchev–Trinajstić information content (AvgIpc) is 2.89. The van der Waals surface area contributed by atoms with Crippen molar-refractivity contribution in [2.24, 2.45) is 0 Å². The first kappa shape index (κ1) is 18.1. The van der Waals surface area contributed by atoms with Crippen LogP contribution in [0.3, 0.4) is 0 Å². The summed E-state index contributed by atoms with van der Waals surface area (Å²) in [5, 5.41) is 0. The normalized spacial score (nSPS) is 13.7. The minimum absolute atomic E-state index is 0.109. The van der Waals surface area contributed by atoms with Gasteiger partial charge in [0.1, 0.15) is 12.4 Å². The van der Waals surface area contributed by atoms with E-state index >= 15 is 0 Å². The molecular formula is C19H16FN3O4. The van der Waals surface area contributed by atoms with E-state index in [9.17, 15) is 18.8 Å². The molecule has 0 aromatic heterocycles. The second-order valence-electron chi connectivity index (χ2n) is 5.88. The molecule has 8 heteroatoms. The minimum Gasteiger partial charge on any atom is -0.460 e. The van der Waals surface area contributed by atoms with E-state index in [0.717, 1.165) is 4.90 Å². The third-order valence-corrected chi connectivity index (χ3v) is 3.93. The predicted molar refractivity (Wildman–Crippen MR) is 96.6 cm³/mol. The molecule has 0 fully saturated rings. The summed E-state index contributed by atoms with van der Waals surface area (Å²) in [7, 11) is 0. The number of nitrogens with two attached hydrogens (primary N) is 2. The van der Waals surface area contributed by atoms with Crippen molar-refractivity contribution in [3.63, 3.8) is 0 Å². The van der Waals surface area contributed by atoms with Gasteiger partial charge in [0, 0.05) is 17.5 Å². The monoisotopic (exact) mass is 369 g/mol. The van der Waals surface area contributed by atoms with Gasteiger partial charge < -0.3 is 16.2 Å². The number of imide groups is 1. The second-order valence-corrected chi connectivity index (χ2v) is 5.88. The lowest BCUT2D eigenvalue weighted by Crippen LogP contribution is -2.34. The minimum atomic E-state index is -0.667. The van der Waals surface area contributed by atoms with Gasteiger partial charge in [0.05, 0.1) is 17.7 Å². The van der Waals surface area contributed by atoms with Gasteiger partial charge in [-0.05, 0) is 35.9 Å². The molecule has 4 N–H and O–H groups in total. The molecule has 0 unspecified atom stereocenters. The van der Waals surface area contributed by atoms with Crippen molar-refractivity contribution in [1.29, 1.82) is 0 Å². The molecular weight excluding hydrogens is 353 g/mol. The van der Waals surface area contributed by atoms with E-state index < -0.39 is 23.6 Å². The molecule has 0 saturated heterocycles. The third kappa shape index (κ3) is 3.95. The van der Waals surface area contributed by atoms with E-state index in [1.54, 1.807) is 0 Å². The topological polar surface area (TPSA) is 116 Å². The number of hydrogen-bond acceptors (Lipinski definition) is 6. The van der Waals surface area contributed by atoms with Crippen molar-refractivity contribution >= 4 is 34.7 Å². The Morgan fingerprint density at radius 3 is 2.30 bits per heavy atom. The number of nitrogens with zero attached hydrogens (tertiary/aromatic N) is 1. The first-order valence-electron chi connectivity index (χ1n) is 8.02. The zero-order valence-electron chi connectivity index (χ0n) is 14.1. The summed E-state index contributed by atoms with van der Waals surface area (Å²) < 4.78 is 18.1. The number of carbonyl (C=O) groups excluding carboxylic acids is 3. The van der Waals surface area contributed by atoms with E-state index in [-0.39, 0.29) is 24.3 Å². The SMILES string of the molecule is Nc1cc(N)cc(C(=O)OCCN2C(=O)C=C(c3ccc(F)cc3)C2=O)c1. The van der Waals surface area contributed by atoms with Gasteiger partial charge in [0.25, 0.3) is 11.8 Å². The van der Waals surface area contributed by atoms with Gasteiger partial charge in [-0.1, -0.05) is 12.1 Å². The summed E-state index contributed by atoms with van der Waals surface area (Å²) in [5.74, 6) is -2.17. The van der Waals surface area contributed by atoms with Gasteiger partial charge >= 0.3 is 5.97 Å². The molecule has 0 atom stereocenters. The second kappa shape index (κ2) is 7.28. The Balaban J connectivity index is 1.60. The fraction of sp³-hybridized carbons (Fsp3) is 0.105. The molecule has 3 rings (SSSR count). The first-order valence-corrected chi connectivity index (χ1v) is 8.02. The highest BCUT2D eigenvalue weighted by atomic mass is 19.1. The number of hydrogen-bond donors (Lipinski definition) is 2. The lowest BCUT2D eigenvalue weighted by atomic mass is 10.1. The van der Waals surface area contributed by atoms with Gasteiger partial charge in [-0.15, -0.1) is 0 Å². The Morgan fingerprint density at radius 1 is 1.04 bits per heavy atom. The number of ether oxygens (including phenoxy) is 1. The fourth-order valence-corrected chi connectivity index (χ4v) is 2.66. The first-order chi connectivity index (χ1) is 12.8. The highest BCUT2D eigenvalue weighted by molar-refractivity contribution is 6.33. The summed E-state index contributed by atoms with van der Waals surface area (Å²) in [6, 6.07) is 9.57. The molecule has 2 aromatic rings. The van der Waals surface area contributed by atoms with Crippen molar-refractivity contribution in [3.8, 4) is 0 Å². The number of carbonyl (C=O) groups is 3. The van der Waals surface area contributed by atoms with Gasteiger partial charge in [-0.25, -0.2) is 9.18 Å². The number of amides is 2. The average molecular weight is 369 g/mol. The van der Waals surface area contributed by atoms with E-state index in [2.05, 4.69) is 0 Å². The lowest BCUT2D eigenvalue weighted by molar-refractivity contribution is -0.137. The van der Waals surface area contributed by atoms with Crippen LogP contribution in [0.4, 0.5) is 15.8 Å². The Hall–Kier alpha value is -3.68. The number of esters is 1. The number of anilines is 2. The molecule has 0 aliphatic carbocycles.